The van der Waals surface area contributed by atoms with Gasteiger partial charge in [0.25, 0.3) is 0 Å². The summed E-state index contributed by atoms with van der Waals surface area (Å²) in [7, 11) is 0. The Labute approximate surface area is 88.3 Å². The summed E-state index contributed by atoms with van der Waals surface area (Å²) in [5, 5.41) is 1.21. The first-order valence-corrected chi connectivity index (χ1v) is 5.79. The molecule has 0 bridgehead atoms. The van der Waals surface area contributed by atoms with E-state index in [0.717, 1.165) is 26.1 Å². The van der Waals surface area contributed by atoms with E-state index >= 15 is 0 Å². The predicted molar refractivity (Wildman–Crippen MR) is 57.7 cm³/mol. The Morgan fingerprint density at radius 2 is 2.57 bits per heavy atom. The van der Waals surface area contributed by atoms with Crippen molar-refractivity contribution in [3.63, 3.8) is 0 Å². The zero-order valence-electron chi connectivity index (χ0n) is 8.45. The molecule has 1 aliphatic rings. The summed E-state index contributed by atoms with van der Waals surface area (Å²) in [5.41, 5.74) is 5.66. The molecule has 0 amide bonds. The van der Waals surface area contributed by atoms with Gasteiger partial charge in [0.2, 0.25) is 0 Å². The van der Waals surface area contributed by atoms with Crippen molar-refractivity contribution in [3.8, 4) is 0 Å². The van der Waals surface area contributed by atoms with E-state index in [2.05, 4.69) is 11.9 Å². The molecule has 1 aromatic rings. The molecule has 1 unspecified atom stereocenters. The monoisotopic (exact) mass is 212 g/mol. The number of hydrogen-bond acceptors (Lipinski definition) is 4. The van der Waals surface area contributed by atoms with E-state index in [1.807, 2.05) is 6.20 Å². The van der Waals surface area contributed by atoms with E-state index in [1.165, 1.54) is 9.88 Å². The van der Waals surface area contributed by atoms with E-state index in [1.54, 1.807) is 11.3 Å². The van der Waals surface area contributed by atoms with Crippen LogP contribution in [0.1, 0.15) is 23.2 Å². The Morgan fingerprint density at radius 1 is 1.71 bits per heavy atom. The normalized spacial score (nSPS) is 27.0. The maximum absolute atomic E-state index is 5.51. The minimum Gasteiger partial charge on any atom is -0.380 e. The second-order valence-corrected chi connectivity index (χ2v) is 5.15. The van der Waals surface area contributed by atoms with E-state index in [0.29, 0.717) is 6.54 Å². The second kappa shape index (κ2) is 3.96. The Bertz CT molecular complexity index is 305. The summed E-state index contributed by atoms with van der Waals surface area (Å²) in [4.78, 5) is 5.76. The molecule has 0 radical (unpaired) electrons. The van der Waals surface area contributed by atoms with Crippen LogP contribution in [0.15, 0.2) is 6.20 Å². The molecule has 2 N–H and O–H groups in total. The molecule has 14 heavy (non-hydrogen) atoms. The van der Waals surface area contributed by atoms with Crippen LogP contribution in [0, 0.1) is 0 Å². The summed E-state index contributed by atoms with van der Waals surface area (Å²) >= 11 is 1.78. The number of aromatic nitrogens is 1. The first kappa shape index (κ1) is 10.1. The number of nitrogens with two attached hydrogens (primary N) is 1. The molecule has 1 saturated heterocycles. The predicted octanol–water partition coefficient (Wildman–Crippen LogP) is 1.32. The van der Waals surface area contributed by atoms with Gasteiger partial charge in [-0.3, -0.25) is 0 Å². The van der Waals surface area contributed by atoms with Crippen LogP contribution in [0.4, 0.5) is 0 Å². The molecule has 1 fully saturated rings. The minimum absolute atomic E-state index is 0.150. The molecule has 1 aliphatic heterocycles. The number of nitrogens with zero attached hydrogens (tertiary/aromatic N) is 1. The molecule has 0 spiro atoms. The van der Waals surface area contributed by atoms with Crippen molar-refractivity contribution in [2.45, 2.75) is 25.2 Å². The van der Waals surface area contributed by atoms with E-state index < -0.39 is 0 Å². The van der Waals surface area contributed by atoms with Crippen LogP contribution in [-0.4, -0.2) is 24.7 Å². The molecule has 4 heteroatoms. The van der Waals surface area contributed by atoms with Crippen molar-refractivity contribution in [1.82, 2.24) is 4.98 Å². The first-order chi connectivity index (χ1) is 6.74. The van der Waals surface area contributed by atoms with Gasteiger partial charge < -0.3 is 10.5 Å². The molecule has 0 saturated carbocycles. The molecule has 0 aliphatic carbocycles. The molecule has 1 aromatic heterocycles. The number of ether oxygens (including phenoxy) is 1. The quantitative estimate of drug-likeness (QED) is 0.822. The standard InChI is InChI=1S/C10H16N2OS/c1-10(3-5-13-7-10)9-12-6-8(14-9)2-4-11/h6H,2-5,7,11H2,1H3. The third-order valence-electron chi connectivity index (χ3n) is 2.68. The van der Waals surface area contributed by atoms with Crippen molar-refractivity contribution in [1.29, 1.82) is 0 Å². The van der Waals surface area contributed by atoms with Gasteiger partial charge in [-0.25, -0.2) is 4.98 Å². The Balaban J connectivity index is 2.15. The highest BCUT2D eigenvalue weighted by Crippen LogP contribution is 2.35. The Kier molecular flexibility index (Phi) is 2.85. The van der Waals surface area contributed by atoms with Gasteiger partial charge in [-0.05, 0) is 19.4 Å². The smallest absolute Gasteiger partial charge is 0.101 e. The van der Waals surface area contributed by atoms with Gasteiger partial charge in [-0.1, -0.05) is 6.92 Å². The SMILES string of the molecule is CC1(c2ncc(CCN)s2)CCOC1. The molecule has 2 rings (SSSR count). The highest BCUT2D eigenvalue weighted by molar-refractivity contribution is 7.11. The topological polar surface area (TPSA) is 48.1 Å². The van der Waals surface area contributed by atoms with Crippen LogP contribution in [0.5, 0.6) is 0 Å². The molecule has 0 aromatic carbocycles. The second-order valence-electron chi connectivity index (χ2n) is 4.03. The molecular weight excluding hydrogens is 196 g/mol. The van der Waals surface area contributed by atoms with Gasteiger partial charge in [0.1, 0.15) is 5.01 Å². The third-order valence-corrected chi connectivity index (χ3v) is 4.04. The fraction of sp³-hybridized carbons (Fsp3) is 0.700. The van der Waals surface area contributed by atoms with E-state index in [4.69, 9.17) is 10.5 Å². The van der Waals surface area contributed by atoms with Gasteiger partial charge in [-0.15, -0.1) is 11.3 Å². The van der Waals surface area contributed by atoms with Crippen LogP contribution in [0.3, 0.4) is 0 Å². The zero-order valence-corrected chi connectivity index (χ0v) is 9.27. The van der Waals surface area contributed by atoms with Gasteiger partial charge >= 0.3 is 0 Å². The van der Waals surface area contributed by atoms with Gasteiger partial charge in [0.15, 0.2) is 0 Å². The first-order valence-electron chi connectivity index (χ1n) is 4.97. The molecule has 2 heterocycles. The van der Waals surface area contributed by atoms with Gasteiger partial charge in [-0.2, -0.15) is 0 Å². The van der Waals surface area contributed by atoms with Crippen molar-refractivity contribution < 1.29 is 4.74 Å². The average Bonchev–Trinajstić information content (AvgIpc) is 2.75. The Hall–Kier alpha value is -0.450. The lowest BCUT2D eigenvalue weighted by atomic mass is 9.91. The fourth-order valence-electron chi connectivity index (χ4n) is 1.68. The van der Waals surface area contributed by atoms with Crippen molar-refractivity contribution >= 4 is 11.3 Å². The largest absolute Gasteiger partial charge is 0.380 e. The highest BCUT2D eigenvalue weighted by Gasteiger charge is 2.34. The molecular formula is C10H16N2OS. The lowest BCUT2D eigenvalue weighted by Gasteiger charge is -2.17. The van der Waals surface area contributed by atoms with E-state index in [-0.39, 0.29) is 5.41 Å². The van der Waals surface area contributed by atoms with Crippen LogP contribution in [0.2, 0.25) is 0 Å². The number of thiazole rings is 1. The lowest BCUT2D eigenvalue weighted by Crippen LogP contribution is -2.21. The summed E-state index contributed by atoms with van der Waals surface area (Å²) in [6.45, 7) is 4.60. The zero-order chi connectivity index (χ0) is 10.0. The van der Waals surface area contributed by atoms with Crippen LogP contribution in [0.25, 0.3) is 0 Å². The summed E-state index contributed by atoms with van der Waals surface area (Å²) in [5.74, 6) is 0. The van der Waals surface area contributed by atoms with Crippen molar-refractivity contribution in [2.75, 3.05) is 19.8 Å². The maximum Gasteiger partial charge on any atom is 0.101 e. The average molecular weight is 212 g/mol. The fourth-order valence-corrected chi connectivity index (χ4v) is 2.77. The van der Waals surface area contributed by atoms with Crippen molar-refractivity contribution in [3.05, 3.63) is 16.1 Å². The molecule has 3 nitrogen and oxygen atoms in total. The number of hydrogen-bond donors (Lipinski definition) is 1. The maximum atomic E-state index is 5.51. The third kappa shape index (κ3) is 1.82. The minimum atomic E-state index is 0.150. The van der Waals surface area contributed by atoms with Gasteiger partial charge in [0.05, 0.1) is 6.61 Å². The lowest BCUT2D eigenvalue weighted by molar-refractivity contribution is 0.180. The highest BCUT2D eigenvalue weighted by atomic mass is 32.1. The summed E-state index contributed by atoms with van der Waals surface area (Å²) in [6, 6.07) is 0. The van der Waals surface area contributed by atoms with E-state index in [9.17, 15) is 0 Å². The number of rotatable bonds is 3. The summed E-state index contributed by atoms with van der Waals surface area (Å²) in [6.07, 6.45) is 3.98. The molecule has 1 atom stereocenters. The summed E-state index contributed by atoms with van der Waals surface area (Å²) < 4.78 is 5.43. The van der Waals surface area contributed by atoms with Crippen molar-refractivity contribution in [2.24, 2.45) is 5.73 Å². The van der Waals surface area contributed by atoms with Crippen LogP contribution < -0.4 is 5.73 Å². The van der Waals surface area contributed by atoms with Gasteiger partial charge in [0, 0.05) is 23.1 Å². The Morgan fingerprint density at radius 3 is 3.21 bits per heavy atom. The van der Waals surface area contributed by atoms with Crippen LogP contribution >= 0.6 is 11.3 Å². The van der Waals surface area contributed by atoms with Crippen LogP contribution in [-0.2, 0) is 16.6 Å². The molecule has 78 valence electrons.